The molecule has 2 nitrogen and oxygen atoms in total. The Labute approximate surface area is 276 Å². The molecule has 0 fully saturated rings. The fraction of sp³-hybridized carbons (Fsp3) is 0.0455. The zero-order valence-electron chi connectivity index (χ0n) is 26.6. The van der Waals surface area contributed by atoms with Gasteiger partial charge in [0.2, 0.25) is 0 Å². The van der Waals surface area contributed by atoms with Crippen molar-refractivity contribution >= 4 is 57.3 Å². The zero-order chi connectivity index (χ0) is 31.5. The van der Waals surface area contributed by atoms with E-state index in [1.165, 1.54) is 71.5 Å². The first kappa shape index (κ1) is 27.6. The van der Waals surface area contributed by atoms with Gasteiger partial charge >= 0.3 is 0 Å². The summed E-state index contributed by atoms with van der Waals surface area (Å²) in [5.41, 5.74) is 12.2. The van der Waals surface area contributed by atoms with Crippen molar-refractivity contribution in [2.24, 2.45) is 0 Å². The third-order valence-corrected chi connectivity index (χ3v) is 13.4. The molecule has 1 aromatic heterocycles. The Morgan fingerprint density at radius 1 is 0.383 bits per heavy atom. The average molecular weight is 619 g/mol. The maximum atomic E-state index is 2.53. The maximum Gasteiger partial charge on any atom is 0.0559 e. The van der Waals surface area contributed by atoms with E-state index in [-0.39, 0.29) is 0 Å². The highest BCUT2D eigenvalue weighted by atomic mass is 28.3. The van der Waals surface area contributed by atoms with E-state index >= 15 is 0 Å². The second-order valence-electron chi connectivity index (χ2n) is 13.1. The predicted molar refractivity (Wildman–Crippen MR) is 203 cm³/mol. The molecule has 47 heavy (non-hydrogen) atoms. The molecule has 9 rings (SSSR count). The largest absolute Gasteiger partial charge is 0.316 e. The molecule has 0 radical (unpaired) electrons. The van der Waals surface area contributed by atoms with Gasteiger partial charge in [-0.05, 0) is 70.8 Å². The van der Waals surface area contributed by atoms with E-state index in [0.29, 0.717) is 0 Å². The fourth-order valence-corrected chi connectivity index (χ4v) is 10.6. The van der Waals surface area contributed by atoms with Crippen molar-refractivity contribution in [3.8, 4) is 27.9 Å². The third kappa shape index (κ3) is 4.39. The summed E-state index contributed by atoms with van der Waals surface area (Å²) in [6.07, 6.45) is 0. The van der Waals surface area contributed by atoms with Crippen molar-refractivity contribution in [2.45, 2.75) is 13.1 Å². The Balaban J connectivity index is 1.38. The van der Waals surface area contributed by atoms with Gasteiger partial charge in [0.25, 0.3) is 0 Å². The summed E-state index contributed by atoms with van der Waals surface area (Å²) in [4.78, 5) is 2.49. The molecule has 0 aliphatic carbocycles. The van der Waals surface area contributed by atoms with Crippen molar-refractivity contribution in [3.05, 3.63) is 170 Å². The number of rotatable bonds is 4. The van der Waals surface area contributed by atoms with Crippen LogP contribution in [0.2, 0.25) is 13.1 Å². The van der Waals surface area contributed by atoms with E-state index < -0.39 is 8.07 Å². The van der Waals surface area contributed by atoms with Crippen molar-refractivity contribution in [2.75, 3.05) is 4.90 Å². The lowest BCUT2D eigenvalue weighted by atomic mass is 9.98. The van der Waals surface area contributed by atoms with Crippen LogP contribution in [0.3, 0.4) is 0 Å². The highest BCUT2D eigenvalue weighted by molar-refractivity contribution is 7.02. The minimum Gasteiger partial charge on any atom is -0.316 e. The van der Waals surface area contributed by atoms with Crippen LogP contribution in [-0.4, -0.2) is 12.6 Å². The van der Waals surface area contributed by atoms with Gasteiger partial charge in [-0.25, -0.2) is 0 Å². The molecule has 225 valence electrons. The van der Waals surface area contributed by atoms with E-state index in [1.807, 2.05) is 0 Å². The lowest BCUT2D eigenvalue weighted by Gasteiger charge is -2.49. The second kappa shape index (κ2) is 10.7. The smallest absolute Gasteiger partial charge is 0.0559 e. The number of aromatic nitrogens is 1. The van der Waals surface area contributed by atoms with Crippen LogP contribution in [-0.2, 0) is 0 Å². The highest BCUT2D eigenvalue weighted by Crippen LogP contribution is 2.42. The standard InChI is InChI=1S/C44H34N2Si/c1-47(2)43-25-15-14-24-40(43)45(35-20-10-5-11-21-35)42-30-41-38(29-44(42)47)37-22-12-13-23-39(37)46(41)36-27-33(31-16-6-3-7-17-31)26-34(28-36)32-18-8-4-9-19-32/h3-30H,1-2H3/q-1. The van der Waals surface area contributed by atoms with Crippen molar-refractivity contribution < 1.29 is 0 Å². The SMILES string of the molecule is C[Si-]1(C)c2ccccc2N(c2ccccc2)c2cc3c(cc21)c1ccccc1n3-c1cc(-c2ccccc2)cc(-c2ccccc2)c1. The van der Waals surface area contributed by atoms with Crippen LogP contribution < -0.4 is 15.3 Å². The van der Waals surface area contributed by atoms with Crippen molar-refractivity contribution in [1.82, 2.24) is 4.57 Å². The van der Waals surface area contributed by atoms with E-state index in [0.717, 1.165) is 5.69 Å². The molecule has 0 saturated carbocycles. The van der Waals surface area contributed by atoms with E-state index in [1.54, 1.807) is 0 Å². The first-order valence-electron chi connectivity index (χ1n) is 16.4. The van der Waals surface area contributed by atoms with Crippen LogP contribution in [0.25, 0.3) is 49.7 Å². The minimum atomic E-state index is -2.04. The lowest BCUT2D eigenvalue weighted by Crippen LogP contribution is -2.58. The molecular weight excluding hydrogens is 585 g/mol. The average Bonchev–Trinajstić information content (AvgIpc) is 3.45. The topological polar surface area (TPSA) is 8.17 Å². The van der Waals surface area contributed by atoms with E-state index in [2.05, 4.69) is 192 Å². The Morgan fingerprint density at radius 2 is 0.957 bits per heavy atom. The van der Waals surface area contributed by atoms with Crippen LogP contribution in [0.4, 0.5) is 17.1 Å². The van der Waals surface area contributed by atoms with Gasteiger partial charge in [-0.3, -0.25) is 0 Å². The molecule has 7 aromatic carbocycles. The molecular formula is C44H34N2Si-. The monoisotopic (exact) mass is 618 g/mol. The number of fused-ring (bicyclic) bond motifs is 5. The summed E-state index contributed by atoms with van der Waals surface area (Å²) in [5, 5.41) is 5.53. The van der Waals surface area contributed by atoms with E-state index in [4.69, 9.17) is 0 Å². The van der Waals surface area contributed by atoms with Gasteiger partial charge in [0.05, 0.1) is 11.0 Å². The number of para-hydroxylation sites is 3. The second-order valence-corrected chi connectivity index (χ2v) is 17.4. The number of hydrogen-bond acceptors (Lipinski definition) is 1. The summed E-state index contributed by atoms with van der Waals surface area (Å²) in [6.45, 7) is 5.01. The lowest BCUT2D eigenvalue weighted by molar-refractivity contribution is 1.18. The first-order valence-corrected chi connectivity index (χ1v) is 19.4. The summed E-state index contributed by atoms with van der Waals surface area (Å²) < 4.78 is 2.49. The summed E-state index contributed by atoms with van der Waals surface area (Å²) in [7, 11) is -2.04. The molecule has 0 atom stereocenters. The molecule has 0 unspecified atom stereocenters. The Kier molecular flexibility index (Phi) is 6.31. The third-order valence-electron chi connectivity index (χ3n) is 9.93. The first-order chi connectivity index (χ1) is 23.1. The molecule has 0 spiro atoms. The number of anilines is 3. The Bertz CT molecular complexity index is 2370. The molecule has 3 heteroatoms. The molecule has 1 aliphatic rings. The Hall–Kier alpha value is -5.64. The molecule has 8 aromatic rings. The number of benzene rings is 7. The minimum absolute atomic E-state index is 1.16. The highest BCUT2D eigenvalue weighted by Gasteiger charge is 2.31. The molecule has 0 N–H and O–H groups in total. The molecule has 1 aliphatic heterocycles. The van der Waals surface area contributed by atoms with Gasteiger partial charge in [0.15, 0.2) is 0 Å². The normalized spacial score (nSPS) is 13.4. The van der Waals surface area contributed by atoms with Gasteiger partial charge in [0.1, 0.15) is 0 Å². The van der Waals surface area contributed by atoms with Crippen LogP contribution >= 0.6 is 0 Å². The number of hydrogen-bond donors (Lipinski definition) is 0. The summed E-state index contributed by atoms with van der Waals surface area (Å²) in [6, 6.07) is 62.3. The molecule has 0 amide bonds. The van der Waals surface area contributed by atoms with Gasteiger partial charge in [-0.15, -0.1) is 0 Å². The Morgan fingerprint density at radius 3 is 1.64 bits per heavy atom. The number of nitrogens with zero attached hydrogens (tertiary/aromatic N) is 2. The maximum absolute atomic E-state index is 2.53. The molecule has 0 saturated heterocycles. The summed E-state index contributed by atoms with van der Waals surface area (Å²) >= 11 is 0. The van der Waals surface area contributed by atoms with Crippen molar-refractivity contribution in [3.63, 3.8) is 0 Å². The van der Waals surface area contributed by atoms with Crippen LogP contribution in [0.15, 0.2) is 170 Å². The van der Waals surface area contributed by atoms with Gasteiger partial charge in [0, 0.05) is 33.5 Å². The van der Waals surface area contributed by atoms with Gasteiger partial charge < -0.3 is 9.47 Å². The van der Waals surface area contributed by atoms with E-state index in [9.17, 15) is 0 Å². The van der Waals surface area contributed by atoms with Gasteiger partial charge in [-0.1, -0.05) is 129 Å². The zero-order valence-corrected chi connectivity index (χ0v) is 27.6. The van der Waals surface area contributed by atoms with Crippen molar-refractivity contribution in [1.29, 1.82) is 0 Å². The van der Waals surface area contributed by atoms with Crippen LogP contribution in [0.5, 0.6) is 0 Å². The predicted octanol–water partition coefficient (Wildman–Crippen LogP) is 10.7. The molecule has 2 heterocycles. The summed E-state index contributed by atoms with van der Waals surface area (Å²) in [5.74, 6) is 0. The quantitative estimate of drug-likeness (QED) is 0.178. The van der Waals surface area contributed by atoms with Crippen LogP contribution in [0.1, 0.15) is 0 Å². The fourth-order valence-electron chi connectivity index (χ4n) is 7.63. The van der Waals surface area contributed by atoms with Gasteiger partial charge in [-0.2, -0.15) is 23.5 Å². The molecule has 0 bridgehead atoms. The van der Waals surface area contributed by atoms with Crippen LogP contribution in [0, 0.1) is 0 Å².